The first kappa shape index (κ1) is 26.2. The molecule has 1 saturated heterocycles. The first-order valence-corrected chi connectivity index (χ1v) is 12.4. The topological polar surface area (TPSA) is 104 Å². The largest absolute Gasteiger partial charge is 0.490 e. The van der Waals surface area contributed by atoms with Crippen LogP contribution in [0, 0.1) is 17.3 Å². The third-order valence-corrected chi connectivity index (χ3v) is 7.76. The molecule has 2 aliphatic carbocycles. The Labute approximate surface area is 207 Å². The number of nitrogens with one attached hydrogen (secondary N) is 1. The summed E-state index contributed by atoms with van der Waals surface area (Å²) in [6.07, 6.45) is 9.51. The number of aliphatic carboxylic acids is 1. The predicted molar refractivity (Wildman–Crippen MR) is 124 cm³/mol. The molecule has 2 fully saturated rings. The highest BCUT2D eigenvalue weighted by Gasteiger charge is 2.57. The molecule has 1 saturated carbocycles. The van der Waals surface area contributed by atoms with E-state index >= 15 is 0 Å². The van der Waals surface area contributed by atoms with Crippen LogP contribution in [0.25, 0.3) is 0 Å². The summed E-state index contributed by atoms with van der Waals surface area (Å²) in [6, 6.07) is 3.70. The zero-order chi connectivity index (χ0) is 25.8. The molecule has 4 aliphatic rings. The fourth-order valence-corrected chi connectivity index (χ4v) is 5.89. The zero-order valence-electron chi connectivity index (χ0n) is 20.0. The van der Waals surface area contributed by atoms with Crippen LogP contribution in [0.2, 0.25) is 0 Å². The quantitative estimate of drug-likeness (QED) is 0.576. The summed E-state index contributed by atoms with van der Waals surface area (Å²) < 4.78 is 37.1. The molecule has 36 heavy (non-hydrogen) atoms. The number of carboxylic acids is 1. The molecule has 0 bridgehead atoms. The van der Waals surface area contributed by atoms with E-state index in [2.05, 4.69) is 27.5 Å². The van der Waals surface area contributed by atoms with Gasteiger partial charge in [-0.3, -0.25) is 4.79 Å². The van der Waals surface area contributed by atoms with E-state index in [4.69, 9.17) is 19.2 Å². The molecular weight excluding hydrogens is 479 g/mol. The second-order valence-corrected chi connectivity index (χ2v) is 10.0. The molecule has 1 amide bonds. The standard InChI is InChI=1S/C23H31N3O3.C2HF3O2/c27-22(24-15-18-7-4-14-28-18)21-20-19(29-25-21)8-9-23(20)10-12-26(13-11-23)16-17-5-2-1-3-6-17;3-2(4,5)1(6)7/h1-2,4,7,14,17,19-20H,3,5-6,8-13,15-16H2,(H,24,27);(H,6,7)/t17?,19-,20+;/m0./s1. The van der Waals surface area contributed by atoms with Gasteiger partial charge in [0.25, 0.3) is 5.91 Å². The number of nitrogens with zero attached hydrogens (tertiary/aromatic N) is 2. The SMILES string of the molecule is O=C(NCc1ccco1)C1=NO[C@H]2CCC3(CCN(CC4CC=CCC4)CC3)[C@@H]12.O=C(O)C(F)(F)F. The lowest BCUT2D eigenvalue weighted by Crippen LogP contribution is -2.48. The van der Waals surface area contributed by atoms with Crippen molar-refractivity contribution in [3.8, 4) is 0 Å². The zero-order valence-corrected chi connectivity index (χ0v) is 20.0. The lowest BCUT2D eigenvalue weighted by Gasteiger charge is -2.43. The number of carboxylic acid groups (broad SMARTS) is 1. The summed E-state index contributed by atoms with van der Waals surface area (Å²) in [5.74, 6) is -1.16. The molecule has 5 rings (SSSR count). The Morgan fingerprint density at radius 3 is 2.56 bits per heavy atom. The Kier molecular flexibility index (Phi) is 8.07. The van der Waals surface area contributed by atoms with Crippen molar-refractivity contribution in [2.75, 3.05) is 19.6 Å². The minimum absolute atomic E-state index is 0.0781. The van der Waals surface area contributed by atoms with E-state index in [0.29, 0.717) is 12.3 Å². The third-order valence-electron chi connectivity index (χ3n) is 7.76. The molecule has 2 N–H and O–H groups in total. The molecule has 1 aromatic heterocycles. The van der Waals surface area contributed by atoms with Gasteiger partial charge in [-0.25, -0.2) is 4.79 Å². The van der Waals surface area contributed by atoms with Gasteiger partial charge in [-0.2, -0.15) is 13.2 Å². The van der Waals surface area contributed by atoms with Crippen molar-refractivity contribution >= 4 is 17.6 Å². The molecule has 0 aromatic carbocycles. The first-order chi connectivity index (χ1) is 17.2. The molecule has 8 nitrogen and oxygen atoms in total. The second-order valence-electron chi connectivity index (χ2n) is 10.0. The smallest absolute Gasteiger partial charge is 0.475 e. The lowest BCUT2D eigenvalue weighted by atomic mass is 9.68. The van der Waals surface area contributed by atoms with E-state index in [9.17, 15) is 18.0 Å². The van der Waals surface area contributed by atoms with Crippen LogP contribution in [0.15, 0.2) is 40.1 Å². The van der Waals surface area contributed by atoms with Gasteiger partial charge in [-0.1, -0.05) is 17.3 Å². The van der Waals surface area contributed by atoms with Gasteiger partial charge >= 0.3 is 12.1 Å². The van der Waals surface area contributed by atoms with Crippen LogP contribution in [0.1, 0.15) is 50.7 Å². The van der Waals surface area contributed by atoms with Crippen LogP contribution in [0.5, 0.6) is 0 Å². The number of rotatable bonds is 5. The Morgan fingerprint density at radius 1 is 1.19 bits per heavy atom. The van der Waals surface area contributed by atoms with Gasteiger partial charge in [-0.15, -0.1) is 0 Å². The van der Waals surface area contributed by atoms with Crippen molar-refractivity contribution < 1.29 is 37.1 Å². The maximum Gasteiger partial charge on any atom is 0.490 e. The molecular formula is C25H32F3N3O5. The van der Waals surface area contributed by atoms with Crippen LogP contribution >= 0.6 is 0 Å². The molecule has 1 spiro atoms. The Balaban J connectivity index is 0.000000384. The monoisotopic (exact) mass is 511 g/mol. The molecule has 11 heteroatoms. The predicted octanol–water partition coefficient (Wildman–Crippen LogP) is 4.13. The number of halogens is 3. The highest BCUT2D eigenvalue weighted by molar-refractivity contribution is 6.40. The van der Waals surface area contributed by atoms with E-state index in [1.165, 1.54) is 25.8 Å². The summed E-state index contributed by atoms with van der Waals surface area (Å²) >= 11 is 0. The number of likely N-dealkylation sites (tertiary alicyclic amines) is 1. The van der Waals surface area contributed by atoms with Crippen LogP contribution in [0.3, 0.4) is 0 Å². The maximum absolute atomic E-state index is 12.9. The van der Waals surface area contributed by atoms with Crippen LogP contribution in [-0.2, 0) is 21.0 Å². The van der Waals surface area contributed by atoms with E-state index in [0.717, 1.165) is 50.5 Å². The van der Waals surface area contributed by atoms with Crippen LogP contribution in [-0.4, -0.2) is 59.5 Å². The molecule has 0 radical (unpaired) electrons. The molecule has 3 atom stereocenters. The summed E-state index contributed by atoms with van der Waals surface area (Å²) in [7, 11) is 0. The summed E-state index contributed by atoms with van der Waals surface area (Å²) in [5, 5.41) is 14.3. The number of allylic oxidation sites excluding steroid dienone is 2. The van der Waals surface area contributed by atoms with Crippen LogP contribution < -0.4 is 5.32 Å². The number of carbonyl (C=O) groups is 2. The van der Waals surface area contributed by atoms with Gasteiger partial charge in [0.15, 0.2) is 5.71 Å². The molecule has 1 unspecified atom stereocenters. The van der Waals surface area contributed by atoms with Crippen molar-refractivity contribution in [2.24, 2.45) is 22.4 Å². The minimum Gasteiger partial charge on any atom is -0.475 e. The van der Waals surface area contributed by atoms with Crippen LogP contribution in [0.4, 0.5) is 13.2 Å². The Hall–Kier alpha value is -2.82. The number of furan rings is 1. The highest BCUT2D eigenvalue weighted by atomic mass is 19.4. The van der Waals surface area contributed by atoms with Gasteiger partial charge in [0.2, 0.25) is 0 Å². The van der Waals surface area contributed by atoms with Crippen molar-refractivity contribution in [1.29, 1.82) is 0 Å². The van der Waals surface area contributed by atoms with Crippen molar-refractivity contribution in [2.45, 2.75) is 63.8 Å². The molecule has 2 aliphatic heterocycles. The van der Waals surface area contributed by atoms with Gasteiger partial charge in [0.1, 0.15) is 11.9 Å². The highest BCUT2D eigenvalue weighted by Crippen LogP contribution is 2.54. The Morgan fingerprint density at radius 2 is 1.94 bits per heavy atom. The summed E-state index contributed by atoms with van der Waals surface area (Å²) in [6.45, 7) is 3.86. The lowest BCUT2D eigenvalue weighted by molar-refractivity contribution is -0.192. The number of piperidine rings is 1. The number of carbonyl (C=O) groups excluding carboxylic acids is 1. The molecule has 1 aromatic rings. The second kappa shape index (κ2) is 11.1. The number of hydrogen-bond donors (Lipinski definition) is 2. The van der Waals surface area contributed by atoms with Crippen molar-refractivity contribution in [1.82, 2.24) is 10.2 Å². The molecule has 198 valence electrons. The van der Waals surface area contributed by atoms with E-state index in [1.54, 1.807) is 6.26 Å². The van der Waals surface area contributed by atoms with E-state index < -0.39 is 12.1 Å². The normalized spacial score (nSPS) is 27.0. The van der Waals surface area contributed by atoms with Crippen molar-refractivity contribution in [3.63, 3.8) is 0 Å². The fourth-order valence-electron chi connectivity index (χ4n) is 5.89. The fraction of sp³-hybridized carbons (Fsp3) is 0.640. The Bertz CT molecular complexity index is 968. The number of fused-ring (bicyclic) bond motifs is 2. The summed E-state index contributed by atoms with van der Waals surface area (Å²) in [4.78, 5) is 30.1. The molecule has 3 heterocycles. The van der Waals surface area contributed by atoms with E-state index in [-0.39, 0.29) is 23.3 Å². The van der Waals surface area contributed by atoms with Gasteiger partial charge in [0, 0.05) is 6.54 Å². The number of oxime groups is 1. The summed E-state index contributed by atoms with van der Waals surface area (Å²) in [5.41, 5.74) is 0.773. The van der Waals surface area contributed by atoms with Gasteiger partial charge in [-0.05, 0) is 81.5 Å². The average Bonchev–Trinajstić information content (AvgIpc) is 3.59. The minimum atomic E-state index is -5.08. The van der Waals surface area contributed by atoms with Gasteiger partial charge < -0.3 is 24.6 Å². The van der Waals surface area contributed by atoms with E-state index in [1.807, 2.05) is 12.1 Å². The number of alkyl halides is 3. The van der Waals surface area contributed by atoms with Crippen molar-refractivity contribution in [3.05, 3.63) is 36.3 Å². The number of amides is 1. The number of hydrogen-bond acceptors (Lipinski definition) is 6. The average molecular weight is 512 g/mol. The first-order valence-electron chi connectivity index (χ1n) is 12.4. The third kappa shape index (κ3) is 6.11. The maximum atomic E-state index is 12.9. The van der Waals surface area contributed by atoms with Gasteiger partial charge in [0.05, 0.1) is 18.7 Å².